The molecule has 0 bridgehead atoms. The minimum atomic E-state index is -1.78. The second-order valence-corrected chi connectivity index (χ2v) is 5.24. The van der Waals surface area contributed by atoms with E-state index in [-0.39, 0.29) is 42.4 Å². The van der Waals surface area contributed by atoms with Crippen molar-refractivity contribution in [3.8, 4) is 0 Å². The molecule has 5 heteroatoms. The molecule has 0 aliphatic carbocycles. The molecule has 0 aliphatic rings. The van der Waals surface area contributed by atoms with Gasteiger partial charge in [0.15, 0.2) is 5.60 Å². The topological polar surface area (TPSA) is 63.6 Å². The Bertz CT molecular complexity index is 599. The number of hydrogen-bond acceptors (Lipinski definition) is 4. The Labute approximate surface area is 157 Å². The van der Waals surface area contributed by atoms with Gasteiger partial charge < -0.3 is 9.84 Å². The van der Waals surface area contributed by atoms with Crippen LogP contribution in [0.25, 0.3) is 0 Å². The summed E-state index contributed by atoms with van der Waals surface area (Å²) in [4.78, 5) is 23.2. The molecule has 0 saturated heterocycles. The first-order valence-corrected chi connectivity index (χ1v) is 7.03. The van der Waals surface area contributed by atoms with Gasteiger partial charge in [0.2, 0.25) is 0 Å². The Balaban J connectivity index is 0.00000264. The summed E-state index contributed by atoms with van der Waals surface area (Å²) in [7, 11) is 0. The van der Waals surface area contributed by atoms with Crippen LogP contribution in [0.15, 0.2) is 60.7 Å². The SMILES string of the molecule is CC(=O)OC(=O)C(O)(Cc1ccccc1)Cc1ccccc1.[NaH]. The molecule has 0 spiro atoms. The second kappa shape index (κ2) is 8.99. The molecule has 0 unspecified atom stereocenters. The Morgan fingerprint density at radius 1 is 0.913 bits per heavy atom. The van der Waals surface area contributed by atoms with E-state index in [4.69, 9.17) is 0 Å². The Morgan fingerprint density at radius 3 is 1.65 bits per heavy atom. The van der Waals surface area contributed by atoms with E-state index in [1.165, 1.54) is 0 Å². The number of rotatable bonds is 5. The Morgan fingerprint density at radius 2 is 1.30 bits per heavy atom. The standard InChI is InChI=1S/C18H18O4.Na.H/c1-14(19)22-17(20)18(21,12-15-8-4-2-5-9-15)13-16-10-6-3-7-11-16;;/h2-11,21H,12-13H2,1H3;;. The van der Waals surface area contributed by atoms with E-state index in [1.54, 1.807) is 0 Å². The van der Waals surface area contributed by atoms with E-state index in [0.717, 1.165) is 18.1 Å². The average Bonchev–Trinajstić information content (AvgIpc) is 2.48. The van der Waals surface area contributed by atoms with Crippen LogP contribution in [0.1, 0.15) is 18.1 Å². The summed E-state index contributed by atoms with van der Waals surface area (Å²) in [6.07, 6.45) is 0.156. The van der Waals surface area contributed by atoms with Crippen molar-refractivity contribution in [3.05, 3.63) is 71.8 Å². The predicted octanol–water partition coefficient (Wildman–Crippen LogP) is 1.64. The minimum absolute atomic E-state index is 0. The van der Waals surface area contributed by atoms with Crippen LogP contribution in [0.3, 0.4) is 0 Å². The molecule has 116 valence electrons. The van der Waals surface area contributed by atoms with Crippen LogP contribution in [-0.4, -0.2) is 52.2 Å². The van der Waals surface area contributed by atoms with Crippen molar-refractivity contribution < 1.29 is 19.4 Å². The molecule has 0 fully saturated rings. The molecular weight excluding hydrogens is 303 g/mol. The first-order chi connectivity index (χ1) is 10.5. The summed E-state index contributed by atoms with van der Waals surface area (Å²) in [5.74, 6) is -1.66. The second-order valence-electron chi connectivity index (χ2n) is 5.24. The van der Waals surface area contributed by atoms with E-state index in [0.29, 0.717) is 0 Å². The molecule has 2 rings (SSSR count). The van der Waals surface area contributed by atoms with Crippen LogP contribution < -0.4 is 0 Å². The molecule has 0 aliphatic heterocycles. The molecular formula is C18H19NaO4. The normalized spacial score (nSPS) is 10.5. The van der Waals surface area contributed by atoms with Crippen molar-refractivity contribution in [3.63, 3.8) is 0 Å². The number of carbonyl (C=O) groups is 2. The molecule has 4 nitrogen and oxygen atoms in total. The van der Waals surface area contributed by atoms with Crippen LogP contribution in [0.4, 0.5) is 0 Å². The third-order valence-corrected chi connectivity index (χ3v) is 3.30. The number of aliphatic hydroxyl groups is 1. The summed E-state index contributed by atoms with van der Waals surface area (Å²) in [5, 5.41) is 10.8. The van der Waals surface area contributed by atoms with Gasteiger partial charge in [0, 0.05) is 19.8 Å². The predicted molar refractivity (Wildman–Crippen MR) is 89.2 cm³/mol. The van der Waals surface area contributed by atoms with E-state index < -0.39 is 17.5 Å². The summed E-state index contributed by atoms with van der Waals surface area (Å²) < 4.78 is 4.63. The first kappa shape index (κ1) is 19.6. The van der Waals surface area contributed by atoms with Gasteiger partial charge in [-0.25, -0.2) is 4.79 Å². The molecule has 0 radical (unpaired) electrons. The van der Waals surface area contributed by atoms with E-state index in [9.17, 15) is 14.7 Å². The van der Waals surface area contributed by atoms with Gasteiger partial charge in [0.05, 0.1) is 0 Å². The summed E-state index contributed by atoms with van der Waals surface area (Å²) in [6.45, 7) is 1.14. The molecule has 0 atom stereocenters. The van der Waals surface area contributed by atoms with Gasteiger partial charge in [-0.1, -0.05) is 60.7 Å². The van der Waals surface area contributed by atoms with Crippen LogP contribution in [-0.2, 0) is 27.2 Å². The maximum atomic E-state index is 12.2. The third kappa shape index (κ3) is 5.92. The van der Waals surface area contributed by atoms with Crippen molar-refractivity contribution >= 4 is 41.5 Å². The van der Waals surface area contributed by atoms with E-state index >= 15 is 0 Å². The number of benzene rings is 2. The van der Waals surface area contributed by atoms with Crippen LogP contribution in [0.5, 0.6) is 0 Å². The van der Waals surface area contributed by atoms with Gasteiger partial charge >= 0.3 is 41.5 Å². The molecule has 0 amide bonds. The van der Waals surface area contributed by atoms with E-state index in [2.05, 4.69) is 4.74 Å². The maximum absolute atomic E-state index is 12.2. The van der Waals surface area contributed by atoms with Gasteiger partial charge in [0.25, 0.3) is 0 Å². The van der Waals surface area contributed by atoms with Crippen LogP contribution in [0, 0.1) is 0 Å². The zero-order valence-electron chi connectivity index (χ0n) is 12.4. The Kier molecular flexibility index (Phi) is 7.65. The number of carbonyl (C=O) groups excluding carboxylic acids is 2. The van der Waals surface area contributed by atoms with Crippen LogP contribution >= 0.6 is 0 Å². The molecule has 0 saturated carbocycles. The zero-order chi connectivity index (χ0) is 16.0. The first-order valence-electron chi connectivity index (χ1n) is 7.03. The summed E-state index contributed by atoms with van der Waals surface area (Å²) >= 11 is 0. The summed E-state index contributed by atoms with van der Waals surface area (Å²) in [5.41, 5.74) is -0.197. The van der Waals surface area contributed by atoms with Gasteiger partial charge in [0.1, 0.15) is 0 Å². The van der Waals surface area contributed by atoms with Crippen molar-refractivity contribution in [1.29, 1.82) is 0 Å². The average molecular weight is 322 g/mol. The molecule has 2 aromatic rings. The summed E-state index contributed by atoms with van der Waals surface area (Å²) in [6, 6.07) is 18.3. The zero-order valence-corrected chi connectivity index (χ0v) is 12.4. The molecule has 23 heavy (non-hydrogen) atoms. The fourth-order valence-corrected chi connectivity index (χ4v) is 2.30. The van der Waals surface area contributed by atoms with Gasteiger partial charge in [-0.3, -0.25) is 4.79 Å². The number of ether oxygens (including phenoxy) is 1. The number of esters is 2. The fraction of sp³-hybridized carbons (Fsp3) is 0.222. The molecule has 2 aromatic carbocycles. The van der Waals surface area contributed by atoms with E-state index in [1.807, 2.05) is 60.7 Å². The van der Waals surface area contributed by atoms with Crippen molar-refractivity contribution in [2.75, 3.05) is 0 Å². The van der Waals surface area contributed by atoms with Crippen LogP contribution in [0.2, 0.25) is 0 Å². The van der Waals surface area contributed by atoms with Gasteiger partial charge in [-0.15, -0.1) is 0 Å². The quantitative estimate of drug-likeness (QED) is 0.516. The third-order valence-electron chi connectivity index (χ3n) is 3.30. The molecule has 1 N–H and O–H groups in total. The molecule has 0 aromatic heterocycles. The molecule has 0 heterocycles. The van der Waals surface area contributed by atoms with Crippen molar-refractivity contribution in [2.45, 2.75) is 25.4 Å². The van der Waals surface area contributed by atoms with Gasteiger partial charge in [-0.05, 0) is 11.1 Å². The fourth-order valence-electron chi connectivity index (χ4n) is 2.30. The monoisotopic (exact) mass is 322 g/mol. The van der Waals surface area contributed by atoms with Crippen molar-refractivity contribution in [1.82, 2.24) is 0 Å². The Hall–Kier alpha value is -1.46. The van der Waals surface area contributed by atoms with Crippen molar-refractivity contribution in [2.24, 2.45) is 0 Å². The number of hydrogen-bond donors (Lipinski definition) is 1. The van der Waals surface area contributed by atoms with Gasteiger partial charge in [-0.2, -0.15) is 0 Å².